The molecule has 6 heteroatoms. The highest BCUT2D eigenvalue weighted by Gasteiger charge is 2.18. The minimum absolute atomic E-state index is 0.216. The summed E-state index contributed by atoms with van der Waals surface area (Å²) in [5.41, 5.74) is 0.945. The van der Waals surface area contributed by atoms with Crippen LogP contribution >= 0.6 is 11.6 Å². The van der Waals surface area contributed by atoms with E-state index in [4.69, 9.17) is 11.6 Å². The summed E-state index contributed by atoms with van der Waals surface area (Å²) in [7, 11) is 3.40. The van der Waals surface area contributed by atoms with Gasteiger partial charge in [-0.1, -0.05) is 11.6 Å². The molecule has 1 amide bonds. The molecular formula is C13H13ClN4O. The highest BCUT2D eigenvalue weighted by Crippen LogP contribution is 2.20. The molecule has 5 nitrogen and oxygen atoms in total. The van der Waals surface area contributed by atoms with Crippen molar-refractivity contribution in [2.45, 2.75) is 0 Å². The summed E-state index contributed by atoms with van der Waals surface area (Å²) in [5.74, 6) is 0.323. The summed E-state index contributed by atoms with van der Waals surface area (Å²) in [5, 5.41) is 3.20. The second-order valence-electron chi connectivity index (χ2n) is 3.85. The van der Waals surface area contributed by atoms with Crippen molar-refractivity contribution in [3.63, 3.8) is 0 Å². The molecule has 2 heterocycles. The molecule has 0 aliphatic heterocycles. The third kappa shape index (κ3) is 2.82. The van der Waals surface area contributed by atoms with Gasteiger partial charge in [-0.25, -0.2) is 4.98 Å². The summed E-state index contributed by atoms with van der Waals surface area (Å²) in [6.07, 6.45) is 3.25. The average molecular weight is 277 g/mol. The Balaban J connectivity index is 2.34. The van der Waals surface area contributed by atoms with Gasteiger partial charge in [0.15, 0.2) is 0 Å². The van der Waals surface area contributed by atoms with E-state index in [0.29, 0.717) is 10.8 Å². The summed E-state index contributed by atoms with van der Waals surface area (Å²) >= 11 is 6.03. The maximum Gasteiger partial charge on any atom is 0.278 e. The predicted molar refractivity (Wildman–Crippen MR) is 75.8 cm³/mol. The van der Waals surface area contributed by atoms with Crippen LogP contribution in [0, 0.1) is 0 Å². The number of rotatable bonds is 3. The Morgan fingerprint density at radius 2 is 1.95 bits per heavy atom. The molecule has 0 fully saturated rings. The van der Waals surface area contributed by atoms with E-state index in [1.54, 1.807) is 50.8 Å². The van der Waals surface area contributed by atoms with Crippen LogP contribution in [-0.2, 0) is 0 Å². The van der Waals surface area contributed by atoms with E-state index >= 15 is 0 Å². The molecule has 0 radical (unpaired) electrons. The zero-order valence-corrected chi connectivity index (χ0v) is 11.3. The van der Waals surface area contributed by atoms with Crippen LogP contribution in [0.4, 0.5) is 11.5 Å². The molecule has 0 aromatic carbocycles. The first-order valence-corrected chi connectivity index (χ1v) is 6.03. The molecule has 2 aromatic rings. The van der Waals surface area contributed by atoms with Crippen molar-refractivity contribution in [2.75, 3.05) is 24.3 Å². The van der Waals surface area contributed by atoms with Crippen molar-refractivity contribution in [2.24, 2.45) is 0 Å². The fourth-order valence-electron chi connectivity index (χ4n) is 1.58. The summed E-state index contributed by atoms with van der Waals surface area (Å²) in [6, 6.07) is 6.85. The first-order valence-electron chi connectivity index (χ1n) is 5.66. The number of pyridine rings is 2. The van der Waals surface area contributed by atoms with E-state index in [0.717, 1.165) is 5.69 Å². The topological polar surface area (TPSA) is 58.1 Å². The van der Waals surface area contributed by atoms with Crippen LogP contribution < -0.4 is 10.2 Å². The van der Waals surface area contributed by atoms with Gasteiger partial charge in [-0.05, 0) is 24.3 Å². The van der Waals surface area contributed by atoms with E-state index in [1.165, 1.54) is 4.90 Å². The smallest absolute Gasteiger partial charge is 0.278 e. The highest BCUT2D eigenvalue weighted by atomic mass is 35.5. The zero-order chi connectivity index (χ0) is 13.8. The molecule has 0 unspecified atom stereocenters. The third-order valence-electron chi connectivity index (χ3n) is 2.66. The summed E-state index contributed by atoms with van der Waals surface area (Å²) in [4.78, 5) is 21.9. The minimum Gasteiger partial charge on any atom is -0.373 e. The van der Waals surface area contributed by atoms with Crippen LogP contribution in [0.1, 0.15) is 10.5 Å². The van der Waals surface area contributed by atoms with Crippen LogP contribution in [0.25, 0.3) is 0 Å². The average Bonchev–Trinajstić information content (AvgIpc) is 2.47. The fourth-order valence-corrected chi connectivity index (χ4v) is 1.76. The lowest BCUT2D eigenvalue weighted by Gasteiger charge is -2.17. The zero-order valence-electron chi connectivity index (χ0n) is 10.6. The Morgan fingerprint density at radius 1 is 1.26 bits per heavy atom. The molecule has 1 N–H and O–H groups in total. The van der Waals surface area contributed by atoms with Gasteiger partial charge in [0.2, 0.25) is 0 Å². The number of nitrogens with one attached hydrogen (secondary N) is 1. The molecule has 98 valence electrons. The maximum atomic E-state index is 12.4. The predicted octanol–water partition coefficient (Wildman–Crippen LogP) is 2.45. The van der Waals surface area contributed by atoms with Gasteiger partial charge in [-0.2, -0.15) is 0 Å². The van der Waals surface area contributed by atoms with Crippen LogP contribution in [-0.4, -0.2) is 30.0 Å². The Hall–Kier alpha value is -2.14. The molecule has 0 spiro atoms. The van der Waals surface area contributed by atoms with Gasteiger partial charge in [-0.15, -0.1) is 0 Å². The third-order valence-corrected chi connectivity index (χ3v) is 2.96. The maximum absolute atomic E-state index is 12.4. The number of anilines is 2. The van der Waals surface area contributed by atoms with Crippen molar-refractivity contribution in [1.29, 1.82) is 0 Å². The fraction of sp³-hybridized carbons (Fsp3) is 0.154. The first-order chi connectivity index (χ1) is 9.13. The molecule has 0 atom stereocenters. The van der Waals surface area contributed by atoms with Gasteiger partial charge in [0.1, 0.15) is 11.5 Å². The van der Waals surface area contributed by atoms with E-state index in [9.17, 15) is 4.79 Å². The highest BCUT2D eigenvalue weighted by molar-refractivity contribution is 6.34. The van der Waals surface area contributed by atoms with Gasteiger partial charge in [0.25, 0.3) is 5.91 Å². The number of carbonyl (C=O) groups is 1. The second kappa shape index (κ2) is 5.67. The van der Waals surface area contributed by atoms with Gasteiger partial charge in [0, 0.05) is 32.2 Å². The molecular weight excluding hydrogens is 264 g/mol. The number of nitrogens with zero attached hydrogens (tertiary/aromatic N) is 3. The van der Waals surface area contributed by atoms with Crippen LogP contribution in [0.3, 0.4) is 0 Å². The number of halogens is 1. The van der Waals surface area contributed by atoms with E-state index in [-0.39, 0.29) is 11.6 Å². The first kappa shape index (κ1) is 13.3. The molecule has 0 aliphatic carbocycles. The second-order valence-corrected chi connectivity index (χ2v) is 4.25. The Kier molecular flexibility index (Phi) is 3.97. The van der Waals surface area contributed by atoms with E-state index in [2.05, 4.69) is 15.3 Å². The van der Waals surface area contributed by atoms with E-state index in [1.807, 2.05) is 0 Å². The standard InChI is InChI=1S/C13H13ClN4O/c1-15-11-4-3-10(14)12(17-11)13(19)18(2)9-5-7-16-8-6-9/h3-8H,1-2H3,(H,15,17). The molecule has 2 rings (SSSR count). The summed E-state index contributed by atoms with van der Waals surface area (Å²) in [6.45, 7) is 0. The molecule has 19 heavy (non-hydrogen) atoms. The van der Waals surface area contributed by atoms with Crippen LogP contribution in [0.5, 0.6) is 0 Å². The quantitative estimate of drug-likeness (QED) is 0.935. The van der Waals surface area contributed by atoms with Gasteiger partial charge >= 0.3 is 0 Å². The summed E-state index contributed by atoms with van der Waals surface area (Å²) < 4.78 is 0. The lowest BCUT2D eigenvalue weighted by atomic mass is 10.3. The van der Waals surface area contributed by atoms with Gasteiger partial charge in [0.05, 0.1) is 5.02 Å². The van der Waals surface area contributed by atoms with Crippen LogP contribution in [0.15, 0.2) is 36.7 Å². The lowest BCUT2D eigenvalue weighted by Crippen LogP contribution is -2.27. The van der Waals surface area contributed by atoms with E-state index < -0.39 is 0 Å². The monoisotopic (exact) mass is 276 g/mol. The van der Waals surface area contributed by atoms with Gasteiger partial charge in [-0.3, -0.25) is 9.78 Å². The Bertz CT molecular complexity index is 588. The lowest BCUT2D eigenvalue weighted by molar-refractivity contribution is 0.0988. The van der Waals surface area contributed by atoms with Crippen molar-refractivity contribution in [1.82, 2.24) is 9.97 Å². The molecule has 0 bridgehead atoms. The van der Waals surface area contributed by atoms with Crippen molar-refractivity contribution in [3.8, 4) is 0 Å². The number of amides is 1. The minimum atomic E-state index is -0.270. The number of hydrogen-bond donors (Lipinski definition) is 1. The van der Waals surface area contributed by atoms with Crippen molar-refractivity contribution >= 4 is 29.0 Å². The van der Waals surface area contributed by atoms with Crippen LogP contribution in [0.2, 0.25) is 5.02 Å². The Labute approximate surface area is 116 Å². The van der Waals surface area contributed by atoms with Crippen molar-refractivity contribution in [3.05, 3.63) is 47.4 Å². The van der Waals surface area contributed by atoms with Gasteiger partial charge < -0.3 is 10.2 Å². The SMILES string of the molecule is CNc1ccc(Cl)c(C(=O)N(C)c2ccncc2)n1. The molecule has 0 aliphatic rings. The number of carbonyl (C=O) groups excluding carboxylic acids is 1. The molecule has 0 saturated heterocycles. The number of aromatic nitrogens is 2. The Morgan fingerprint density at radius 3 is 2.58 bits per heavy atom. The molecule has 2 aromatic heterocycles. The largest absolute Gasteiger partial charge is 0.373 e. The molecule has 0 saturated carbocycles. The number of hydrogen-bond acceptors (Lipinski definition) is 4. The normalized spacial score (nSPS) is 10.1. The van der Waals surface area contributed by atoms with Crippen molar-refractivity contribution < 1.29 is 4.79 Å².